The quantitative estimate of drug-likeness (QED) is 0.917. The van der Waals surface area contributed by atoms with Crippen LogP contribution in [0, 0.1) is 5.92 Å². The molecule has 0 saturated carbocycles. The van der Waals surface area contributed by atoms with E-state index in [1.165, 1.54) is 25.9 Å². The molecule has 0 spiro atoms. The van der Waals surface area contributed by atoms with E-state index in [-0.39, 0.29) is 0 Å². The van der Waals surface area contributed by atoms with Crippen molar-refractivity contribution >= 4 is 17.4 Å². The van der Waals surface area contributed by atoms with Crippen molar-refractivity contribution in [2.75, 3.05) is 38.6 Å². The van der Waals surface area contributed by atoms with Gasteiger partial charge in [0.15, 0.2) is 0 Å². The predicted molar refractivity (Wildman–Crippen MR) is 80.6 cm³/mol. The van der Waals surface area contributed by atoms with E-state index < -0.39 is 0 Å². The van der Waals surface area contributed by atoms with Crippen molar-refractivity contribution in [3.05, 3.63) is 22.8 Å². The maximum Gasteiger partial charge on any atom is 0.128 e. The summed E-state index contributed by atoms with van der Waals surface area (Å²) in [4.78, 5) is 9.00. The van der Waals surface area contributed by atoms with Gasteiger partial charge >= 0.3 is 0 Å². The SMILES string of the molecule is CN1CCC(CN(C)c2cc(CN)c(Cl)cn2)CC1. The number of likely N-dealkylation sites (tertiary alicyclic amines) is 1. The van der Waals surface area contributed by atoms with E-state index in [1.807, 2.05) is 6.07 Å². The number of pyridine rings is 1. The second-order valence-corrected chi connectivity index (χ2v) is 5.87. The summed E-state index contributed by atoms with van der Waals surface area (Å²) >= 11 is 6.04. The average Bonchev–Trinajstić information content (AvgIpc) is 2.42. The van der Waals surface area contributed by atoms with Gasteiger partial charge in [0.1, 0.15) is 5.82 Å². The third kappa shape index (κ3) is 3.81. The number of aromatic nitrogens is 1. The summed E-state index contributed by atoms with van der Waals surface area (Å²) in [6, 6.07) is 2.00. The predicted octanol–water partition coefficient (Wildman–Crippen LogP) is 1.97. The van der Waals surface area contributed by atoms with Crippen molar-refractivity contribution < 1.29 is 0 Å². The molecule has 1 saturated heterocycles. The Morgan fingerprint density at radius 1 is 1.47 bits per heavy atom. The molecular weight excluding hydrogens is 260 g/mol. The Balaban J connectivity index is 1.97. The van der Waals surface area contributed by atoms with Crippen molar-refractivity contribution in [3.63, 3.8) is 0 Å². The average molecular weight is 283 g/mol. The minimum Gasteiger partial charge on any atom is -0.359 e. The maximum atomic E-state index is 6.04. The summed E-state index contributed by atoms with van der Waals surface area (Å²) in [6.07, 6.45) is 4.22. The summed E-state index contributed by atoms with van der Waals surface area (Å²) in [5.74, 6) is 1.71. The van der Waals surface area contributed by atoms with Crippen LogP contribution in [0.15, 0.2) is 12.3 Å². The van der Waals surface area contributed by atoms with Gasteiger partial charge in [0, 0.05) is 26.3 Å². The van der Waals surface area contributed by atoms with E-state index in [4.69, 9.17) is 17.3 Å². The van der Waals surface area contributed by atoms with Crippen molar-refractivity contribution in [1.29, 1.82) is 0 Å². The van der Waals surface area contributed by atoms with E-state index in [0.717, 1.165) is 23.8 Å². The van der Waals surface area contributed by atoms with Crippen LogP contribution in [0.5, 0.6) is 0 Å². The van der Waals surface area contributed by atoms with Gasteiger partial charge in [0.05, 0.1) is 5.02 Å². The highest BCUT2D eigenvalue weighted by molar-refractivity contribution is 6.31. The Morgan fingerprint density at radius 3 is 2.79 bits per heavy atom. The summed E-state index contributed by atoms with van der Waals surface area (Å²) in [7, 11) is 4.28. The molecule has 0 bridgehead atoms. The standard InChI is InChI=1S/C14H23ClN4/c1-18-5-3-11(4-6-18)10-19(2)14-7-12(8-16)13(15)9-17-14/h7,9,11H,3-6,8,10,16H2,1-2H3. The molecule has 106 valence electrons. The Labute approximate surface area is 120 Å². The van der Waals surface area contributed by atoms with Gasteiger partial charge in [-0.3, -0.25) is 0 Å². The number of rotatable bonds is 4. The summed E-state index contributed by atoms with van der Waals surface area (Å²) < 4.78 is 0. The Bertz CT molecular complexity index is 416. The van der Waals surface area contributed by atoms with Crippen LogP contribution in [-0.4, -0.2) is 43.6 Å². The monoisotopic (exact) mass is 282 g/mol. The molecular formula is C14H23ClN4. The highest BCUT2D eigenvalue weighted by Gasteiger charge is 2.19. The van der Waals surface area contributed by atoms with E-state index in [0.29, 0.717) is 11.6 Å². The van der Waals surface area contributed by atoms with Gasteiger partial charge in [-0.25, -0.2) is 4.98 Å². The third-order valence-electron chi connectivity index (χ3n) is 3.90. The number of piperidine rings is 1. The minimum atomic E-state index is 0.455. The first-order valence-electron chi connectivity index (χ1n) is 6.84. The molecule has 0 radical (unpaired) electrons. The van der Waals surface area contributed by atoms with Crippen LogP contribution in [0.2, 0.25) is 5.02 Å². The zero-order chi connectivity index (χ0) is 13.8. The lowest BCUT2D eigenvalue weighted by molar-refractivity contribution is 0.222. The molecule has 0 aliphatic carbocycles. The first-order valence-corrected chi connectivity index (χ1v) is 7.22. The van der Waals surface area contributed by atoms with Crippen molar-refractivity contribution in [2.24, 2.45) is 11.7 Å². The lowest BCUT2D eigenvalue weighted by atomic mass is 9.97. The van der Waals surface area contributed by atoms with Gasteiger partial charge in [0.2, 0.25) is 0 Å². The molecule has 1 aromatic rings. The first-order chi connectivity index (χ1) is 9.10. The molecule has 2 heterocycles. The second kappa shape index (κ2) is 6.55. The number of nitrogens with two attached hydrogens (primary N) is 1. The van der Waals surface area contributed by atoms with E-state index in [2.05, 4.69) is 28.9 Å². The van der Waals surface area contributed by atoms with Crippen LogP contribution in [0.4, 0.5) is 5.82 Å². The number of anilines is 1. The van der Waals surface area contributed by atoms with Gasteiger partial charge < -0.3 is 15.5 Å². The Morgan fingerprint density at radius 2 is 2.16 bits per heavy atom. The van der Waals surface area contributed by atoms with Gasteiger partial charge in [0.25, 0.3) is 0 Å². The van der Waals surface area contributed by atoms with Crippen molar-refractivity contribution in [3.8, 4) is 0 Å². The van der Waals surface area contributed by atoms with E-state index in [9.17, 15) is 0 Å². The Kier molecular flexibility index (Phi) is 5.02. The van der Waals surface area contributed by atoms with Crippen LogP contribution >= 0.6 is 11.6 Å². The number of halogens is 1. The fourth-order valence-electron chi connectivity index (χ4n) is 2.56. The Hall–Kier alpha value is -0.840. The molecule has 0 aromatic carbocycles. The van der Waals surface area contributed by atoms with Crippen LogP contribution in [0.1, 0.15) is 18.4 Å². The lowest BCUT2D eigenvalue weighted by Gasteiger charge is -2.32. The normalized spacial score (nSPS) is 17.7. The first kappa shape index (κ1) is 14.6. The molecule has 0 amide bonds. The molecule has 1 fully saturated rings. The molecule has 0 unspecified atom stereocenters. The second-order valence-electron chi connectivity index (χ2n) is 5.47. The van der Waals surface area contributed by atoms with Gasteiger partial charge in [-0.1, -0.05) is 11.6 Å². The third-order valence-corrected chi connectivity index (χ3v) is 4.24. The molecule has 1 aliphatic heterocycles. The van der Waals surface area contributed by atoms with Gasteiger partial charge in [-0.15, -0.1) is 0 Å². The highest BCUT2D eigenvalue weighted by atomic mass is 35.5. The van der Waals surface area contributed by atoms with Crippen molar-refractivity contribution in [2.45, 2.75) is 19.4 Å². The molecule has 2 N–H and O–H groups in total. The van der Waals surface area contributed by atoms with E-state index in [1.54, 1.807) is 6.20 Å². The maximum absolute atomic E-state index is 6.04. The summed E-state index contributed by atoms with van der Waals surface area (Å²) in [5.41, 5.74) is 6.64. The molecule has 2 rings (SSSR count). The number of hydrogen-bond donors (Lipinski definition) is 1. The fourth-order valence-corrected chi connectivity index (χ4v) is 2.74. The molecule has 19 heavy (non-hydrogen) atoms. The molecule has 4 nitrogen and oxygen atoms in total. The molecule has 1 aliphatic rings. The summed E-state index contributed by atoms with van der Waals surface area (Å²) in [5, 5.41) is 0.652. The number of nitrogens with zero attached hydrogens (tertiary/aromatic N) is 3. The largest absolute Gasteiger partial charge is 0.359 e. The number of hydrogen-bond acceptors (Lipinski definition) is 4. The van der Waals surface area contributed by atoms with Crippen LogP contribution in [-0.2, 0) is 6.54 Å². The van der Waals surface area contributed by atoms with Crippen LogP contribution in [0.3, 0.4) is 0 Å². The fraction of sp³-hybridized carbons (Fsp3) is 0.643. The topological polar surface area (TPSA) is 45.4 Å². The molecule has 5 heteroatoms. The highest BCUT2D eigenvalue weighted by Crippen LogP contribution is 2.22. The summed E-state index contributed by atoms with van der Waals surface area (Å²) in [6.45, 7) is 3.89. The smallest absolute Gasteiger partial charge is 0.128 e. The zero-order valence-corrected chi connectivity index (χ0v) is 12.5. The van der Waals surface area contributed by atoms with Crippen LogP contribution in [0.25, 0.3) is 0 Å². The van der Waals surface area contributed by atoms with Crippen LogP contribution < -0.4 is 10.6 Å². The van der Waals surface area contributed by atoms with Gasteiger partial charge in [-0.05, 0) is 50.5 Å². The van der Waals surface area contributed by atoms with E-state index >= 15 is 0 Å². The lowest BCUT2D eigenvalue weighted by Crippen LogP contribution is -2.36. The zero-order valence-electron chi connectivity index (χ0n) is 11.8. The molecule has 1 aromatic heterocycles. The van der Waals surface area contributed by atoms with Crippen molar-refractivity contribution in [1.82, 2.24) is 9.88 Å². The van der Waals surface area contributed by atoms with Gasteiger partial charge in [-0.2, -0.15) is 0 Å². The molecule has 0 atom stereocenters. The minimum absolute atomic E-state index is 0.455.